The number of aromatic nitrogens is 1. The van der Waals surface area contributed by atoms with E-state index in [1.54, 1.807) is 36.5 Å². The number of amides is 1. The summed E-state index contributed by atoms with van der Waals surface area (Å²) in [6.07, 6.45) is 1.55. The van der Waals surface area contributed by atoms with Gasteiger partial charge in [0.15, 0.2) is 11.5 Å². The number of ether oxygens (including phenoxy) is 1. The molecule has 4 rings (SSSR count). The highest BCUT2D eigenvalue weighted by atomic mass is 16.5. The highest BCUT2D eigenvalue weighted by Gasteiger charge is 2.25. The number of rotatable bonds is 4. The van der Waals surface area contributed by atoms with Gasteiger partial charge in [-0.2, -0.15) is 0 Å². The van der Waals surface area contributed by atoms with Crippen molar-refractivity contribution in [1.82, 2.24) is 10.1 Å². The molecular weight excluding hydrogens is 334 g/mol. The molecule has 26 heavy (non-hydrogen) atoms. The molecule has 1 aromatic carbocycles. The van der Waals surface area contributed by atoms with Crippen LogP contribution in [0.3, 0.4) is 0 Å². The van der Waals surface area contributed by atoms with Crippen molar-refractivity contribution in [2.75, 3.05) is 38.2 Å². The molecule has 1 aliphatic rings. The van der Waals surface area contributed by atoms with Crippen LogP contribution in [-0.4, -0.2) is 49.3 Å². The number of methoxy groups -OCH3 is 1. The second kappa shape index (κ2) is 6.95. The zero-order valence-corrected chi connectivity index (χ0v) is 14.4. The fraction of sp³-hybridized carbons (Fsp3) is 0.263. The Hall–Kier alpha value is -3.22. The monoisotopic (exact) mass is 353 g/mol. The largest absolute Gasteiger partial charge is 0.497 e. The van der Waals surface area contributed by atoms with E-state index < -0.39 is 0 Å². The third-order valence-electron chi connectivity index (χ3n) is 4.50. The van der Waals surface area contributed by atoms with Crippen molar-refractivity contribution in [1.29, 1.82) is 0 Å². The average molecular weight is 353 g/mol. The molecule has 1 aliphatic heterocycles. The van der Waals surface area contributed by atoms with Crippen LogP contribution in [0.2, 0.25) is 0 Å². The number of hydrogen-bond donors (Lipinski definition) is 0. The lowest BCUT2D eigenvalue weighted by Gasteiger charge is -2.35. The molecule has 0 aliphatic carbocycles. The Morgan fingerprint density at radius 2 is 1.85 bits per heavy atom. The Bertz CT molecular complexity index is 863. The van der Waals surface area contributed by atoms with Crippen molar-refractivity contribution in [3.63, 3.8) is 0 Å². The van der Waals surface area contributed by atoms with Crippen molar-refractivity contribution in [2.24, 2.45) is 0 Å². The standard InChI is InChI=1S/C19H19N3O4/c1-24-15-6-4-14(5-7-15)21-8-10-22(11-9-21)19(23)16-13-18(26-20-16)17-3-2-12-25-17/h2-7,12-13H,8-11H2,1H3. The van der Waals surface area contributed by atoms with E-state index in [2.05, 4.69) is 10.1 Å². The summed E-state index contributed by atoms with van der Waals surface area (Å²) in [5.74, 6) is 1.72. The Labute approximate surface area is 150 Å². The minimum atomic E-state index is -0.124. The number of carbonyl (C=O) groups excluding carboxylic acids is 1. The molecule has 1 amide bonds. The van der Waals surface area contributed by atoms with E-state index in [0.717, 1.165) is 24.5 Å². The van der Waals surface area contributed by atoms with Gasteiger partial charge in [-0.25, -0.2) is 0 Å². The number of piperazine rings is 1. The summed E-state index contributed by atoms with van der Waals surface area (Å²) in [6.45, 7) is 2.80. The zero-order valence-electron chi connectivity index (χ0n) is 14.4. The fourth-order valence-electron chi connectivity index (χ4n) is 3.03. The Kier molecular flexibility index (Phi) is 4.35. The number of furan rings is 1. The molecule has 3 heterocycles. The van der Waals surface area contributed by atoms with E-state index in [1.807, 2.05) is 24.3 Å². The molecule has 0 radical (unpaired) electrons. The van der Waals surface area contributed by atoms with Crippen LogP contribution in [0.15, 0.2) is 57.7 Å². The molecule has 2 aromatic heterocycles. The van der Waals surface area contributed by atoms with Gasteiger partial charge in [0.05, 0.1) is 13.4 Å². The van der Waals surface area contributed by atoms with Crippen LogP contribution >= 0.6 is 0 Å². The molecular formula is C19H19N3O4. The fourth-order valence-corrected chi connectivity index (χ4v) is 3.03. The first-order valence-electron chi connectivity index (χ1n) is 8.43. The second-order valence-electron chi connectivity index (χ2n) is 6.03. The van der Waals surface area contributed by atoms with E-state index in [4.69, 9.17) is 13.7 Å². The van der Waals surface area contributed by atoms with Crippen molar-refractivity contribution in [3.05, 3.63) is 54.4 Å². The van der Waals surface area contributed by atoms with E-state index in [-0.39, 0.29) is 5.91 Å². The van der Waals surface area contributed by atoms with Gasteiger partial charge in [0.2, 0.25) is 5.76 Å². The van der Waals surface area contributed by atoms with E-state index in [1.165, 1.54) is 0 Å². The van der Waals surface area contributed by atoms with Gasteiger partial charge < -0.3 is 23.5 Å². The van der Waals surface area contributed by atoms with Crippen molar-refractivity contribution in [2.45, 2.75) is 0 Å². The van der Waals surface area contributed by atoms with Crippen LogP contribution in [0.1, 0.15) is 10.5 Å². The minimum absolute atomic E-state index is 0.124. The molecule has 1 saturated heterocycles. The predicted octanol–water partition coefficient (Wildman–Crippen LogP) is 2.91. The van der Waals surface area contributed by atoms with E-state index >= 15 is 0 Å². The van der Waals surface area contributed by atoms with Gasteiger partial charge in [0.1, 0.15) is 5.75 Å². The zero-order chi connectivity index (χ0) is 17.9. The van der Waals surface area contributed by atoms with Gasteiger partial charge in [-0.3, -0.25) is 4.79 Å². The lowest BCUT2D eigenvalue weighted by molar-refractivity contribution is 0.0736. The first kappa shape index (κ1) is 16.3. The number of nitrogens with zero attached hydrogens (tertiary/aromatic N) is 3. The average Bonchev–Trinajstić information content (AvgIpc) is 3.39. The number of anilines is 1. The Balaban J connectivity index is 1.39. The summed E-state index contributed by atoms with van der Waals surface area (Å²) in [6, 6.07) is 13.1. The second-order valence-corrected chi connectivity index (χ2v) is 6.03. The van der Waals surface area contributed by atoms with Gasteiger partial charge in [-0.15, -0.1) is 0 Å². The maximum absolute atomic E-state index is 12.6. The molecule has 3 aromatic rings. The molecule has 7 nitrogen and oxygen atoms in total. The SMILES string of the molecule is COc1ccc(N2CCN(C(=O)c3cc(-c4ccco4)on3)CC2)cc1. The molecule has 7 heteroatoms. The molecule has 0 bridgehead atoms. The molecule has 0 unspecified atom stereocenters. The van der Waals surface area contributed by atoms with Gasteiger partial charge in [-0.1, -0.05) is 5.16 Å². The molecule has 0 atom stereocenters. The van der Waals surface area contributed by atoms with E-state index in [0.29, 0.717) is 30.3 Å². The first-order valence-corrected chi connectivity index (χ1v) is 8.43. The maximum atomic E-state index is 12.6. The topological polar surface area (TPSA) is 72.0 Å². The van der Waals surface area contributed by atoms with Crippen LogP contribution in [0.5, 0.6) is 5.75 Å². The first-order chi connectivity index (χ1) is 12.7. The molecule has 1 fully saturated rings. The van der Waals surface area contributed by atoms with E-state index in [9.17, 15) is 4.79 Å². The summed E-state index contributed by atoms with van der Waals surface area (Å²) in [7, 11) is 1.65. The number of benzene rings is 1. The molecule has 0 N–H and O–H groups in total. The third kappa shape index (κ3) is 3.15. The van der Waals surface area contributed by atoms with Crippen molar-refractivity contribution < 1.29 is 18.5 Å². The minimum Gasteiger partial charge on any atom is -0.497 e. The van der Waals surface area contributed by atoms with Crippen LogP contribution in [0.25, 0.3) is 11.5 Å². The molecule has 0 spiro atoms. The lowest BCUT2D eigenvalue weighted by atomic mass is 10.2. The van der Waals surface area contributed by atoms with Crippen molar-refractivity contribution in [3.8, 4) is 17.3 Å². The maximum Gasteiger partial charge on any atom is 0.276 e. The van der Waals surface area contributed by atoms with Gasteiger partial charge >= 0.3 is 0 Å². The summed E-state index contributed by atoms with van der Waals surface area (Å²) in [5.41, 5.74) is 1.42. The van der Waals surface area contributed by atoms with Crippen molar-refractivity contribution >= 4 is 11.6 Å². The molecule has 0 saturated carbocycles. The van der Waals surface area contributed by atoms with Crippen LogP contribution in [0, 0.1) is 0 Å². The number of carbonyl (C=O) groups is 1. The summed E-state index contributed by atoms with van der Waals surface area (Å²) in [5, 5.41) is 3.89. The van der Waals surface area contributed by atoms with Gasteiger partial charge in [0.25, 0.3) is 5.91 Å². The quantitative estimate of drug-likeness (QED) is 0.718. The Morgan fingerprint density at radius 3 is 2.50 bits per heavy atom. The van der Waals surface area contributed by atoms with Crippen LogP contribution < -0.4 is 9.64 Å². The predicted molar refractivity (Wildman–Crippen MR) is 95.3 cm³/mol. The summed E-state index contributed by atoms with van der Waals surface area (Å²) in [4.78, 5) is 16.7. The highest BCUT2D eigenvalue weighted by molar-refractivity contribution is 5.93. The van der Waals surface area contributed by atoms with Gasteiger partial charge in [-0.05, 0) is 36.4 Å². The Morgan fingerprint density at radius 1 is 1.08 bits per heavy atom. The highest BCUT2D eigenvalue weighted by Crippen LogP contribution is 2.23. The smallest absolute Gasteiger partial charge is 0.276 e. The number of hydrogen-bond acceptors (Lipinski definition) is 6. The summed E-state index contributed by atoms with van der Waals surface area (Å²) >= 11 is 0. The third-order valence-corrected chi connectivity index (χ3v) is 4.50. The van der Waals surface area contributed by atoms with Crippen LogP contribution in [0.4, 0.5) is 5.69 Å². The normalized spacial score (nSPS) is 14.5. The van der Waals surface area contributed by atoms with Gasteiger partial charge in [0, 0.05) is 37.9 Å². The molecule has 134 valence electrons. The summed E-state index contributed by atoms with van der Waals surface area (Å²) < 4.78 is 15.7. The lowest BCUT2D eigenvalue weighted by Crippen LogP contribution is -2.48. The van der Waals surface area contributed by atoms with Crippen LogP contribution in [-0.2, 0) is 0 Å².